The molecule has 1 heterocycles. The number of halogens is 1. The number of rotatable bonds is 6. The summed E-state index contributed by atoms with van der Waals surface area (Å²) in [5, 5.41) is 0.438. The molecule has 3 aromatic carbocycles. The van der Waals surface area contributed by atoms with E-state index in [2.05, 4.69) is 15.9 Å². The van der Waals surface area contributed by atoms with Crippen LogP contribution in [0.3, 0.4) is 0 Å². The molecule has 1 aromatic heterocycles. The standard InChI is InChI=1S/C24H19BrO5/c1-27-20-13-16(11-12-18(20)29-14-15-7-4-3-5-8-15)23-24(28-2)22(26)21-17(25)9-6-10-19(21)30-23/h3-13H,14H2,1-2H3. The van der Waals surface area contributed by atoms with Crippen molar-refractivity contribution in [2.24, 2.45) is 0 Å². The van der Waals surface area contributed by atoms with Gasteiger partial charge in [-0.2, -0.15) is 0 Å². The Kier molecular flexibility index (Phi) is 5.77. The van der Waals surface area contributed by atoms with Gasteiger partial charge in [0.15, 0.2) is 17.3 Å². The van der Waals surface area contributed by atoms with E-state index in [4.69, 9.17) is 18.6 Å². The van der Waals surface area contributed by atoms with Crippen LogP contribution in [-0.2, 0) is 6.61 Å². The van der Waals surface area contributed by atoms with Crippen molar-refractivity contribution < 1.29 is 18.6 Å². The summed E-state index contributed by atoms with van der Waals surface area (Å²) in [7, 11) is 3.02. The second-order valence-corrected chi connectivity index (χ2v) is 7.40. The van der Waals surface area contributed by atoms with Crippen LogP contribution in [0.2, 0.25) is 0 Å². The maximum atomic E-state index is 13.0. The fourth-order valence-electron chi connectivity index (χ4n) is 3.22. The second kappa shape index (κ2) is 8.63. The van der Waals surface area contributed by atoms with Crippen LogP contribution in [0.15, 0.2) is 80.4 Å². The summed E-state index contributed by atoms with van der Waals surface area (Å²) in [5.41, 5.74) is 1.92. The number of hydrogen-bond donors (Lipinski definition) is 0. The molecule has 0 bridgehead atoms. The Hall–Kier alpha value is -3.25. The molecular formula is C24H19BrO5. The molecule has 0 saturated heterocycles. The molecule has 0 amide bonds. The monoisotopic (exact) mass is 466 g/mol. The number of hydrogen-bond acceptors (Lipinski definition) is 5. The summed E-state index contributed by atoms with van der Waals surface area (Å²) < 4.78 is 23.5. The van der Waals surface area contributed by atoms with Gasteiger partial charge in [-0.25, -0.2) is 0 Å². The number of ether oxygens (including phenoxy) is 3. The van der Waals surface area contributed by atoms with Crippen LogP contribution in [0.5, 0.6) is 17.2 Å². The van der Waals surface area contributed by atoms with Crippen LogP contribution in [-0.4, -0.2) is 14.2 Å². The zero-order valence-electron chi connectivity index (χ0n) is 16.5. The van der Waals surface area contributed by atoms with Crippen molar-refractivity contribution in [3.8, 4) is 28.6 Å². The van der Waals surface area contributed by atoms with E-state index in [-0.39, 0.29) is 11.2 Å². The lowest BCUT2D eigenvalue weighted by Gasteiger charge is -2.14. The highest BCUT2D eigenvalue weighted by Gasteiger charge is 2.20. The molecule has 0 atom stereocenters. The molecule has 0 N–H and O–H groups in total. The predicted molar refractivity (Wildman–Crippen MR) is 119 cm³/mol. The Morgan fingerprint density at radius 1 is 0.900 bits per heavy atom. The highest BCUT2D eigenvalue weighted by atomic mass is 79.9. The highest BCUT2D eigenvalue weighted by Crippen LogP contribution is 2.37. The van der Waals surface area contributed by atoms with Gasteiger partial charge in [0.05, 0.1) is 19.6 Å². The third-order valence-electron chi connectivity index (χ3n) is 4.69. The molecule has 0 aliphatic heterocycles. The topological polar surface area (TPSA) is 57.9 Å². The van der Waals surface area contributed by atoms with E-state index in [1.54, 1.807) is 31.4 Å². The smallest absolute Gasteiger partial charge is 0.236 e. The van der Waals surface area contributed by atoms with E-state index in [0.717, 1.165) is 5.56 Å². The van der Waals surface area contributed by atoms with Crippen LogP contribution in [0.25, 0.3) is 22.3 Å². The lowest BCUT2D eigenvalue weighted by Crippen LogP contribution is -2.08. The molecular weight excluding hydrogens is 448 g/mol. The zero-order chi connectivity index (χ0) is 21.1. The fourth-order valence-corrected chi connectivity index (χ4v) is 3.75. The second-order valence-electron chi connectivity index (χ2n) is 6.55. The molecule has 0 aliphatic carbocycles. The maximum absolute atomic E-state index is 13.0. The van der Waals surface area contributed by atoms with E-state index in [1.165, 1.54) is 7.11 Å². The first-order chi connectivity index (χ1) is 14.6. The molecule has 152 valence electrons. The Morgan fingerprint density at radius 2 is 1.70 bits per heavy atom. The van der Waals surface area contributed by atoms with Crippen molar-refractivity contribution in [3.63, 3.8) is 0 Å². The van der Waals surface area contributed by atoms with Crippen LogP contribution >= 0.6 is 15.9 Å². The van der Waals surface area contributed by atoms with Gasteiger partial charge in [-0.05, 0) is 51.8 Å². The third-order valence-corrected chi connectivity index (χ3v) is 5.35. The fraction of sp³-hybridized carbons (Fsp3) is 0.125. The van der Waals surface area contributed by atoms with Crippen molar-refractivity contribution >= 4 is 26.9 Å². The summed E-state index contributed by atoms with van der Waals surface area (Å²) in [5.74, 6) is 1.59. The molecule has 4 rings (SSSR count). The van der Waals surface area contributed by atoms with Crippen LogP contribution in [0.4, 0.5) is 0 Å². The quantitative estimate of drug-likeness (QED) is 0.358. The van der Waals surface area contributed by atoms with Gasteiger partial charge in [0.2, 0.25) is 11.2 Å². The van der Waals surface area contributed by atoms with Crippen LogP contribution < -0.4 is 19.6 Å². The van der Waals surface area contributed by atoms with Crippen molar-refractivity contribution in [3.05, 3.63) is 87.0 Å². The average molecular weight is 467 g/mol. The third kappa shape index (κ3) is 3.78. The minimum Gasteiger partial charge on any atom is -0.493 e. The molecule has 0 unspecified atom stereocenters. The molecule has 0 spiro atoms. The van der Waals surface area contributed by atoms with E-state index in [9.17, 15) is 4.79 Å². The van der Waals surface area contributed by atoms with Crippen molar-refractivity contribution in [2.75, 3.05) is 14.2 Å². The van der Waals surface area contributed by atoms with E-state index in [1.807, 2.05) is 42.5 Å². The Morgan fingerprint density at radius 3 is 2.43 bits per heavy atom. The van der Waals surface area contributed by atoms with Gasteiger partial charge in [-0.15, -0.1) is 0 Å². The van der Waals surface area contributed by atoms with Gasteiger partial charge in [-0.3, -0.25) is 4.79 Å². The highest BCUT2D eigenvalue weighted by molar-refractivity contribution is 9.10. The molecule has 0 saturated carbocycles. The Labute approximate surface area is 181 Å². The number of fused-ring (bicyclic) bond motifs is 1. The first kappa shape index (κ1) is 20.0. The van der Waals surface area contributed by atoms with Crippen molar-refractivity contribution in [1.29, 1.82) is 0 Å². The van der Waals surface area contributed by atoms with Gasteiger partial charge >= 0.3 is 0 Å². The van der Waals surface area contributed by atoms with Gasteiger partial charge in [-0.1, -0.05) is 36.4 Å². The van der Waals surface area contributed by atoms with E-state index >= 15 is 0 Å². The van der Waals surface area contributed by atoms with Gasteiger partial charge in [0.1, 0.15) is 12.2 Å². The number of methoxy groups -OCH3 is 2. The Bertz CT molecular complexity index is 1250. The summed E-state index contributed by atoms with van der Waals surface area (Å²) in [6, 6.07) is 20.6. The zero-order valence-corrected chi connectivity index (χ0v) is 18.1. The summed E-state index contributed by atoms with van der Waals surface area (Å²) in [4.78, 5) is 13.0. The summed E-state index contributed by atoms with van der Waals surface area (Å²) >= 11 is 3.41. The van der Waals surface area contributed by atoms with Crippen LogP contribution in [0, 0.1) is 0 Å². The minimum atomic E-state index is -0.246. The lowest BCUT2D eigenvalue weighted by atomic mass is 10.1. The largest absolute Gasteiger partial charge is 0.493 e. The maximum Gasteiger partial charge on any atom is 0.236 e. The van der Waals surface area contributed by atoms with Crippen LogP contribution in [0.1, 0.15) is 5.56 Å². The average Bonchev–Trinajstić information content (AvgIpc) is 2.78. The minimum absolute atomic E-state index is 0.134. The first-order valence-electron chi connectivity index (χ1n) is 9.27. The first-order valence-corrected chi connectivity index (χ1v) is 10.1. The molecule has 0 fully saturated rings. The summed E-state index contributed by atoms with van der Waals surface area (Å²) in [6.45, 7) is 0.416. The molecule has 0 radical (unpaired) electrons. The van der Waals surface area contributed by atoms with Crippen molar-refractivity contribution in [1.82, 2.24) is 0 Å². The molecule has 0 aliphatic rings. The molecule has 30 heavy (non-hydrogen) atoms. The van der Waals surface area contributed by atoms with Gasteiger partial charge < -0.3 is 18.6 Å². The van der Waals surface area contributed by atoms with E-state index in [0.29, 0.717) is 44.9 Å². The lowest BCUT2D eigenvalue weighted by molar-refractivity contribution is 0.284. The normalized spacial score (nSPS) is 10.8. The SMILES string of the molecule is COc1cc(-c2oc3cccc(Br)c3c(=O)c2OC)ccc1OCc1ccccc1. The molecule has 5 nitrogen and oxygen atoms in total. The van der Waals surface area contributed by atoms with Crippen molar-refractivity contribution in [2.45, 2.75) is 6.61 Å². The molecule has 4 aromatic rings. The molecule has 6 heteroatoms. The predicted octanol–water partition coefficient (Wildman–Crippen LogP) is 5.82. The van der Waals surface area contributed by atoms with Gasteiger partial charge in [0, 0.05) is 10.0 Å². The number of benzene rings is 3. The summed E-state index contributed by atoms with van der Waals surface area (Å²) in [6.07, 6.45) is 0. The van der Waals surface area contributed by atoms with E-state index < -0.39 is 0 Å². The van der Waals surface area contributed by atoms with Gasteiger partial charge in [0.25, 0.3) is 0 Å². The Balaban J connectivity index is 1.75.